The molecule has 4 nitrogen and oxygen atoms in total. The molecule has 1 aromatic heterocycles. The second-order valence-electron chi connectivity index (χ2n) is 5.40. The average molecular weight is 252 g/mol. The molecule has 0 bridgehead atoms. The first-order valence-electron chi connectivity index (χ1n) is 6.56. The van der Waals surface area contributed by atoms with E-state index in [9.17, 15) is 0 Å². The van der Waals surface area contributed by atoms with Gasteiger partial charge in [-0.05, 0) is 36.9 Å². The van der Waals surface area contributed by atoms with Crippen molar-refractivity contribution < 1.29 is 0 Å². The van der Waals surface area contributed by atoms with E-state index in [-0.39, 0.29) is 6.04 Å². The molecule has 94 valence electrons. The number of nitrogens with two attached hydrogens (primary N) is 1. The van der Waals surface area contributed by atoms with Crippen molar-refractivity contribution in [2.75, 3.05) is 5.75 Å². The van der Waals surface area contributed by atoms with E-state index in [1.165, 1.54) is 31.4 Å². The highest BCUT2D eigenvalue weighted by molar-refractivity contribution is 7.98. The first-order chi connectivity index (χ1) is 8.31. The van der Waals surface area contributed by atoms with Gasteiger partial charge >= 0.3 is 0 Å². The zero-order valence-corrected chi connectivity index (χ0v) is 10.9. The highest BCUT2D eigenvalue weighted by Gasteiger charge is 2.26. The van der Waals surface area contributed by atoms with Gasteiger partial charge in [0.15, 0.2) is 0 Å². The van der Waals surface area contributed by atoms with Crippen LogP contribution in [0.15, 0.2) is 0 Å². The van der Waals surface area contributed by atoms with Gasteiger partial charge < -0.3 is 10.7 Å². The van der Waals surface area contributed by atoms with E-state index >= 15 is 0 Å². The molecule has 1 atom stereocenters. The number of H-pyrrole nitrogens is 1. The summed E-state index contributed by atoms with van der Waals surface area (Å²) in [4.78, 5) is 3.27. The Labute approximate surface area is 106 Å². The van der Waals surface area contributed by atoms with E-state index < -0.39 is 0 Å². The Balaban J connectivity index is 1.46. The first kappa shape index (κ1) is 11.5. The molecule has 0 aromatic carbocycles. The van der Waals surface area contributed by atoms with Gasteiger partial charge in [0.05, 0.1) is 11.8 Å². The van der Waals surface area contributed by atoms with Crippen molar-refractivity contribution in [2.24, 2.45) is 17.6 Å². The lowest BCUT2D eigenvalue weighted by Gasteiger charge is -2.05. The maximum Gasteiger partial charge on any atom is 0.147 e. The monoisotopic (exact) mass is 252 g/mol. The predicted octanol–water partition coefficient (Wildman–Crippen LogP) is 2.25. The Morgan fingerprint density at radius 2 is 2.00 bits per heavy atom. The van der Waals surface area contributed by atoms with Crippen LogP contribution in [-0.2, 0) is 5.75 Å². The lowest BCUT2D eigenvalue weighted by molar-refractivity contribution is 0.569. The minimum Gasteiger partial charge on any atom is -0.327 e. The van der Waals surface area contributed by atoms with Crippen LogP contribution in [0.25, 0.3) is 0 Å². The molecule has 1 heterocycles. The number of hydrogen-bond acceptors (Lipinski definition) is 4. The molecule has 1 aromatic rings. The van der Waals surface area contributed by atoms with Crippen molar-refractivity contribution >= 4 is 11.8 Å². The molecule has 3 N–H and O–H groups in total. The largest absolute Gasteiger partial charge is 0.327 e. The summed E-state index contributed by atoms with van der Waals surface area (Å²) in [6.07, 6.45) is 6.57. The smallest absolute Gasteiger partial charge is 0.147 e. The topological polar surface area (TPSA) is 67.6 Å². The standard InChI is InChI=1S/C12H20N4S/c13-10(5-8-1-2-8)12-14-11(15-16-12)7-17-6-9-3-4-9/h8-10H,1-7,13H2,(H,14,15,16). The zero-order valence-electron chi connectivity index (χ0n) is 10.1. The second kappa shape index (κ2) is 4.98. The molecule has 5 heteroatoms. The van der Waals surface area contributed by atoms with Gasteiger partial charge in [0.25, 0.3) is 0 Å². The van der Waals surface area contributed by atoms with Crippen molar-refractivity contribution in [3.63, 3.8) is 0 Å². The number of hydrogen-bond donors (Lipinski definition) is 2. The van der Waals surface area contributed by atoms with Crippen LogP contribution in [0.1, 0.15) is 49.8 Å². The van der Waals surface area contributed by atoms with Crippen LogP contribution in [0.4, 0.5) is 0 Å². The zero-order chi connectivity index (χ0) is 11.7. The summed E-state index contributed by atoms with van der Waals surface area (Å²) >= 11 is 1.95. The van der Waals surface area contributed by atoms with Gasteiger partial charge in [0.1, 0.15) is 11.6 Å². The van der Waals surface area contributed by atoms with Crippen LogP contribution >= 0.6 is 11.8 Å². The quantitative estimate of drug-likeness (QED) is 0.781. The van der Waals surface area contributed by atoms with E-state index in [0.29, 0.717) is 0 Å². The molecular weight excluding hydrogens is 232 g/mol. The molecule has 0 aliphatic heterocycles. The number of thioether (sulfide) groups is 1. The molecule has 0 spiro atoms. The number of aromatic nitrogens is 3. The third-order valence-corrected chi connectivity index (χ3v) is 4.66. The maximum atomic E-state index is 6.10. The maximum absolute atomic E-state index is 6.10. The Morgan fingerprint density at radius 3 is 2.71 bits per heavy atom. The third-order valence-electron chi connectivity index (χ3n) is 3.48. The lowest BCUT2D eigenvalue weighted by Crippen LogP contribution is -2.12. The van der Waals surface area contributed by atoms with Crippen LogP contribution in [0.5, 0.6) is 0 Å². The Kier molecular flexibility index (Phi) is 3.38. The minimum atomic E-state index is 0.0529. The van der Waals surface area contributed by atoms with Gasteiger partial charge in [-0.1, -0.05) is 12.8 Å². The molecule has 0 amide bonds. The number of aromatic amines is 1. The van der Waals surface area contributed by atoms with Crippen molar-refractivity contribution in [1.82, 2.24) is 15.2 Å². The lowest BCUT2D eigenvalue weighted by atomic mass is 10.1. The summed E-state index contributed by atoms with van der Waals surface area (Å²) in [5.74, 6) is 5.88. The number of nitrogens with zero attached hydrogens (tertiary/aromatic N) is 2. The third kappa shape index (κ3) is 3.45. The molecule has 1 unspecified atom stereocenters. The number of rotatable bonds is 7. The Hall–Kier alpha value is -0.550. The van der Waals surface area contributed by atoms with E-state index in [1.54, 1.807) is 0 Å². The molecular formula is C12H20N4S. The van der Waals surface area contributed by atoms with Crippen LogP contribution in [0.2, 0.25) is 0 Å². The second-order valence-corrected chi connectivity index (χ2v) is 6.43. The van der Waals surface area contributed by atoms with E-state index in [1.807, 2.05) is 11.8 Å². The summed E-state index contributed by atoms with van der Waals surface area (Å²) in [5, 5.41) is 8.34. The fourth-order valence-electron chi connectivity index (χ4n) is 1.97. The van der Waals surface area contributed by atoms with Crippen molar-refractivity contribution in [3.8, 4) is 0 Å². The van der Waals surface area contributed by atoms with Gasteiger partial charge in [-0.15, -0.1) is 10.2 Å². The fraction of sp³-hybridized carbons (Fsp3) is 0.833. The van der Waals surface area contributed by atoms with E-state index in [0.717, 1.165) is 35.7 Å². The highest BCUT2D eigenvalue weighted by Crippen LogP contribution is 2.36. The van der Waals surface area contributed by atoms with Crippen LogP contribution < -0.4 is 5.73 Å². The highest BCUT2D eigenvalue weighted by atomic mass is 32.2. The Morgan fingerprint density at radius 1 is 1.24 bits per heavy atom. The summed E-state index contributed by atoms with van der Waals surface area (Å²) in [5.41, 5.74) is 6.10. The van der Waals surface area contributed by atoms with Crippen molar-refractivity contribution in [1.29, 1.82) is 0 Å². The summed E-state index contributed by atoms with van der Waals surface area (Å²) in [6.45, 7) is 0. The van der Waals surface area contributed by atoms with E-state index in [4.69, 9.17) is 5.73 Å². The van der Waals surface area contributed by atoms with Crippen molar-refractivity contribution in [3.05, 3.63) is 11.6 Å². The van der Waals surface area contributed by atoms with Crippen LogP contribution in [0.3, 0.4) is 0 Å². The Bertz CT molecular complexity index is 370. The molecule has 2 saturated carbocycles. The molecule has 2 aliphatic carbocycles. The molecule has 2 aliphatic rings. The SMILES string of the molecule is NC(CC1CC1)c1nnc(CSCC2CC2)[nH]1. The fourth-order valence-corrected chi connectivity index (χ4v) is 3.08. The number of nitrogens with one attached hydrogen (secondary N) is 1. The molecule has 0 radical (unpaired) electrons. The summed E-state index contributed by atoms with van der Waals surface area (Å²) < 4.78 is 0. The normalized spacial score (nSPS) is 21.7. The summed E-state index contributed by atoms with van der Waals surface area (Å²) in [6, 6.07) is 0.0529. The average Bonchev–Trinajstić information content (AvgIpc) is 3.22. The molecule has 17 heavy (non-hydrogen) atoms. The van der Waals surface area contributed by atoms with Gasteiger partial charge in [0, 0.05) is 0 Å². The predicted molar refractivity (Wildman–Crippen MR) is 69.5 cm³/mol. The molecule has 0 saturated heterocycles. The van der Waals surface area contributed by atoms with Crippen molar-refractivity contribution in [2.45, 2.75) is 43.9 Å². The van der Waals surface area contributed by atoms with Gasteiger partial charge in [-0.2, -0.15) is 11.8 Å². The molecule has 3 rings (SSSR count). The first-order valence-corrected chi connectivity index (χ1v) is 7.71. The van der Waals surface area contributed by atoms with Crippen LogP contribution in [-0.4, -0.2) is 20.9 Å². The van der Waals surface area contributed by atoms with Gasteiger partial charge in [-0.25, -0.2) is 0 Å². The van der Waals surface area contributed by atoms with Crippen LogP contribution in [0, 0.1) is 11.8 Å². The summed E-state index contributed by atoms with van der Waals surface area (Å²) in [7, 11) is 0. The minimum absolute atomic E-state index is 0.0529. The van der Waals surface area contributed by atoms with Gasteiger partial charge in [0.2, 0.25) is 0 Å². The van der Waals surface area contributed by atoms with E-state index in [2.05, 4.69) is 15.2 Å². The van der Waals surface area contributed by atoms with Gasteiger partial charge in [-0.3, -0.25) is 0 Å². The molecule has 2 fully saturated rings.